The molecule has 0 fully saturated rings. The lowest BCUT2D eigenvalue weighted by atomic mass is 10.1. The van der Waals surface area contributed by atoms with E-state index < -0.39 is 32.0 Å². The van der Waals surface area contributed by atoms with E-state index >= 15 is 0 Å². The van der Waals surface area contributed by atoms with Crippen molar-refractivity contribution >= 4 is 54.7 Å². The van der Waals surface area contributed by atoms with E-state index in [1.807, 2.05) is 0 Å². The Morgan fingerprint density at radius 2 is 0.904 bits per heavy atom. The van der Waals surface area contributed by atoms with Gasteiger partial charge in [-0.05, 0) is 110 Å². The zero-order valence-electron chi connectivity index (χ0n) is 29.3. The summed E-state index contributed by atoms with van der Waals surface area (Å²) in [5.74, 6) is -2.56. The van der Waals surface area contributed by atoms with Gasteiger partial charge in [0.2, 0.25) is 0 Å². The average Bonchev–Trinajstić information content (AvgIpc) is 3.12. The molecule has 0 unspecified atom stereocenters. The molecule has 4 aromatic carbocycles. The molecule has 4 aromatic rings. The fraction of sp³-hybridized carbons (Fsp3) is 0.316. The van der Waals surface area contributed by atoms with E-state index in [0.29, 0.717) is 37.3 Å². The summed E-state index contributed by atoms with van der Waals surface area (Å²) in [6.07, 6.45) is 7.09. The Kier molecular flexibility index (Phi) is 14.1. The highest BCUT2D eigenvalue weighted by Gasteiger charge is 2.21. The molecule has 0 atom stereocenters. The number of hydrogen-bond acceptors (Lipinski definition) is 8. The molecule has 278 valence electrons. The lowest BCUT2D eigenvalue weighted by Gasteiger charge is -2.14. The maximum absolute atomic E-state index is 13.0. The van der Waals surface area contributed by atoms with Gasteiger partial charge in [-0.25, -0.2) is 26.4 Å². The quantitative estimate of drug-likeness (QED) is 0.0461. The number of benzene rings is 4. The largest absolute Gasteiger partial charge is 0.478 e. The van der Waals surface area contributed by atoms with E-state index in [4.69, 9.17) is 0 Å². The molecule has 0 saturated carbocycles. The van der Waals surface area contributed by atoms with Crippen molar-refractivity contribution in [3.63, 3.8) is 0 Å². The van der Waals surface area contributed by atoms with Crippen molar-refractivity contribution in [1.29, 1.82) is 0 Å². The second kappa shape index (κ2) is 18.4. The smallest absolute Gasteiger partial charge is 0.337 e. The van der Waals surface area contributed by atoms with Crippen LogP contribution < -0.4 is 20.1 Å². The summed E-state index contributed by atoms with van der Waals surface area (Å²) in [7, 11) is -8.01. The Bertz CT molecular complexity index is 1900. The zero-order chi connectivity index (χ0) is 37.7. The van der Waals surface area contributed by atoms with Gasteiger partial charge in [-0.15, -0.1) is 0 Å². The van der Waals surface area contributed by atoms with Gasteiger partial charge in [0.1, 0.15) is 0 Å². The van der Waals surface area contributed by atoms with Crippen LogP contribution in [0.2, 0.25) is 0 Å². The summed E-state index contributed by atoms with van der Waals surface area (Å²) in [6, 6.07) is 21.9. The van der Waals surface area contributed by atoms with E-state index in [1.54, 1.807) is 36.4 Å². The third-order valence-corrected chi connectivity index (χ3v) is 11.1. The highest BCUT2D eigenvalue weighted by atomic mass is 32.2. The molecule has 6 N–H and O–H groups in total. The lowest BCUT2D eigenvalue weighted by Crippen LogP contribution is -2.16. The number of hydrogen-bond donors (Lipinski definition) is 6. The molecule has 0 spiro atoms. The maximum atomic E-state index is 13.0. The van der Waals surface area contributed by atoms with E-state index in [2.05, 4.69) is 33.9 Å². The molecule has 0 saturated heterocycles. The number of rotatable bonds is 21. The number of sulfonamides is 2. The van der Waals surface area contributed by atoms with Crippen molar-refractivity contribution in [3.05, 3.63) is 107 Å². The van der Waals surface area contributed by atoms with Gasteiger partial charge < -0.3 is 20.8 Å². The minimum atomic E-state index is -4.01. The molecule has 52 heavy (non-hydrogen) atoms. The van der Waals surface area contributed by atoms with Gasteiger partial charge in [0.15, 0.2) is 0 Å². The molecule has 0 aliphatic heterocycles. The molecule has 0 aliphatic carbocycles. The number of aryl methyl sites for hydroxylation is 2. The second-order valence-corrected chi connectivity index (χ2v) is 15.8. The highest BCUT2D eigenvalue weighted by molar-refractivity contribution is 7.93. The third-order valence-electron chi connectivity index (χ3n) is 8.36. The van der Waals surface area contributed by atoms with Crippen LogP contribution in [0.25, 0.3) is 0 Å². The van der Waals surface area contributed by atoms with Crippen LogP contribution in [0, 0.1) is 0 Å². The predicted molar refractivity (Wildman–Crippen MR) is 205 cm³/mol. The molecule has 0 aromatic heterocycles. The number of anilines is 4. The number of carboxylic acid groups (broad SMARTS) is 2. The Morgan fingerprint density at radius 3 is 1.23 bits per heavy atom. The summed E-state index contributed by atoms with van der Waals surface area (Å²) < 4.78 is 56.8. The second-order valence-electron chi connectivity index (χ2n) is 12.4. The fourth-order valence-electron chi connectivity index (χ4n) is 5.40. The SMILES string of the molecule is CCCCc1ccc(S(=O)(=O)Nc2ccc(NCCCCNc3ccc(NS(=O)(=O)c4ccc(CCCC)cc4)c(C(=O)O)c3)cc2C(=O)O)cc1. The first-order chi connectivity index (χ1) is 24.8. The van der Waals surface area contributed by atoms with Crippen molar-refractivity contribution < 1.29 is 36.6 Å². The molecule has 12 nitrogen and oxygen atoms in total. The average molecular weight is 751 g/mol. The van der Waals surface area contributed by atoms with Crippen molar-refractivity contribution in [2.45, 2.75) is 75.0 Å². The standard InChI is InChI=1S/C38H46N4O8S2/c1-3-5-9-27-11-17-31(18-12-27)51(47,48)41-35-21-15-29(25-33(35)37(43)44)39-23-7-8-24-40-30-16-22-36(34(26-30)38(45)46)42-52(49,50)32-19-13-28(14-20-32)10-6-4-2/h11-22,25-26,39-42H,3-10,23-24H2,1-2H3,(H,43,44)(H,45,46). The minimum absolute atomic E-state index is 0.0405. The monoisotopic (exact) mass is 750 g/mol. The number of carboxylic acids is 2. The molecule has 0 heterocycles. The molecule has 0 bridgehead atoms. The number of aromatic carboxylic acids is 2. The molecule has 0 radical (unpaired) electrons. The topological polar surface area (TPSA) is 191 Å². The van der Waals surface area contributed by atoms with Crippen molar-refractivity contribution in [1.82, 2.24) is 0 Å². The summed E-state index contributed by atoms with van der Waals surface area (Å²) in [4.78, 5) is 24.1. The van der Waals surface area contributed by atoms with Gasteiger partial charge in [-0.1, -0.05) is 51.0 Å². The molecule has 4 rings (SSSR count). The molecular weight excluding hydrogens is 705 g/mol. The van der Waals surface area contributed by atoms with E-state index in [-0.39, 0.29) is 32.3 Å². The van der Waals surface area contributed by atoms with Crippen molar-refractivity contribution in [3.8, 4) is 0 Å². The van der Waals surface area contributed by atoms with E-state index in [1.165, 1.54) is 48.5 Å². The van der Waals surface area contributed by atoms with Crippen LogP contribution in [0.4, 0.5) is 22.7 Å². The molecular formula is C38H46N4O8S2. The van der Waals surface area contributed by atoms with Gasteiger partial charge in [-0.3, -0.25) is 9.44 Å². The lowest BCUT2D eigenvalue weighted by molar-refractivity contribution is 0.0687. The summed E-state index contributed by atoms with van der Waals surface area (Å²) in [5, 5.41) is 25.9. The number of unbranched alkanes of at least 4 members (excludes halogenated alkanes) is 3. The van der Waals surface area contributed by atoms with Crippen molar-refractivity contribution in [2.75, 3.05) is 33.2 Å². The first-order valence-corrected chi connectivity index (χ1v) is 20.3. The van der Waals surface area contributed by atoms with Crippen molar-refractivity contribution in [2.24, 2.45) is 0 Å². The van der Waals surface area contributed by atoms with E-state index in [9.17, 15) is 36.6 Å². The van der Waals surface area contributed by atoms with Crippen LogP contribution in [-0.2, 0) is 32.9 Å². The first-order valence-electron chi connectivity index (χ1n) is 17.3. The Morgan fingerprint density at radius 1 is 0.538 bits per heavy atom. The fourth-order valence-corrected chi connectivity index (χ4v) is 7.55. The minimum Gasteiger partial charge on any atom is -0.478 e. The summed E-state index contributed by atoms with van der Waals surface area (Å²) in [6.45, 7) is 5.13. The molecule has 0 amide bonds. The van der Waals surface area contributed by atoms with Crippen LogP contribution in [0.5, 0.6) is 0 Å². The number of carbonyl (C=O) groups is 2. The molecule has 0 aliphatic rings. The Hall–Kier alpha value is -5.08. The molecule has 14 heteroatoms. The maximum Gasteiger partial charge on any atom is 0.337 e. The van der Waals surface area contributed by atoms with Crippen LogP contribution in [-0.4, -0.2) is 52.1 Å². The first kappa shape index (κ1) is 39.7. The Labute approximate surface area is 305 Å². The van der Waals surface area contributed by atoms with Crippen LogP contribution in [0.15, 0.2) is 94.7 Å². The van der Waals surface area contributed by atoms with Gasteiger partial charge in [0, 0.05) is 24.5 Å². The highest BCUT2D eigenvalue weighted by Crippen LogP contribution is 2.26. The van der Waals surface area contributed by atoms with Gasteiger partial charge in [-0.2, -0.15) is 0 Å². The van der Waals surface area contributed by atoms with Gasteiger partial charge >= 0.3 is 11.9 Å². The zero-order valence-corrected chi connectivity index (χ0v) is 30.9. The normalized spacial score (nSPS) is 11.5. The summed E-state index contributed by atoms with van der Waals surface area (Å²) >= 11 is 0. The summed E-state index contributed by atoms with van der Waals surface area (Å²) in [5.41, 5.74) is 2.58. The van der Waals surface area contributed by atoms with Gasteiger partial charge in [0.25, 0.3) is 20.0 Å². The number of nitrogens with one attached hydrogen (secondary N) is 4. The Balaban J connectivity index is 1.29. The van der Waals surface area contributed by atoms with Crippen LogP contribution in [0.3, 0.4) is 0 Å². The van der Waals surface area contributed by atoms with Crippen LogP contribution in [0.1, 0.15) is 84.2 Å². The van der Waals surface area contributed by atoms with E-state index in [0.717, 1.165) is 49.7 Å². The third kappa shape index (κ3) is 11.2. The van der Waals surface area contributed by atoms with Gasteiger partial charge in [0.05, 0.1) is 32.3 Å². The van der Waals surface area contributed by atoms with Crippen LogP contribution >= 0.6 is 0 Å². The predicted octanol–water partition coefficient (Wildman–Crippen LogP) is 7.67.